The van der Waals surface area contributed by atoms with E-state index in [-0.39, 0.29) is 18.1 Å². The molecule has 2 aromatic carbocycles. The molecule has 0 aliphatic heterocycles. The molecule has 0 unspecified atom stereocenters. The number of rotatable bonds is 5. The van der Waals surface area contributed by atoms with Crippen molar-refractivity contribution in [2.75, 3.05) is 0 Å². The molecule has 0 radical (unpaired) electrons. The summed E-state index contributed by atoms with van der Waals surface area (Å²) in [6, 6.07) is 12.9. The van der Waals surface area contributed by atoms with E-state index in [1.54, 1.807) is 12.1 Å². The van der Waals surface area contributed by atoms with E-state index in [1.807, 2.05) is 31.2 Å². The van der Waals surface area contributed by atoms with Crippen LogP contribution in [0.4, 0.5) is 4.39 Å². The van der Waals surface area contributed by atoms with Crippen LogP contribution < -0.4 is 5.32 Å². The van der Waals surface area contributed by atoms with E-state index < -0.39 is 0 Å². The molecule has 1 N–H and O–H groups in total. The van der Waals surface area contributed by atoms with Crippen molar-refractivity contribution < 1.29 is 9.18 Å². The molecular weight excluding hydrogens is 333 g/mol. The zero-order chi connectivity index (χ0) is 15.2. The van der Waals surface area contributed by atoms with E-state index in [1.165, 1.54) is 11.6 Å². The van der Waals surface area contributed by atoms with Crippen molar-refractivity contribution in [3.8, 4) is 0 Å². The van der Waals surface area contributed by atoms with Gasteiger partial charge in [0, 0.05) is 17.4 Å². The molecule has 2 rings (SSSR count). The van der Waals surface area contributed by atoms with Gasteiger partial charge in [0.05, 0.1) is 0 Å². The first-order valence-corrected chi connectivity index (χ1v) is 7.60. The van der Waals surface area contributed by atoms with Crippen molar-refractivity contribution in [2.45, 2.75) is 26.3 Å². The zero-order valence-electron chi connectivity index (χ0n) is 11.8. The number of carbonyl (C=O) groups is 1. The Hall–Kier alpha value is -1.68. The van der Waals surface area contributed by atoms with E-state index in [0.29, 0.717) is 23.0 Å². The van der Waals surface area contributed by atoms with Crippen LogP contribution in [0.5, 0.6) is 0 Å². The SMILES string of the molecule is Cc1ccc(CNC(=O)CCc2ccc(Br)cc2F)cc1. The molecule has 0 fully saturated rings. The fourth-order valence-corrected chi connectivity index (χ4v) is 2.30. The molecule has 4 heteroatoms. The van der Waals surface area contributed by atoms with Gasteiger partial charge in [-0.25, -0.2) is 4.39 Å². The second-order valence-electron chi connectivity index (χ2n) is 5.00. The summed E-state index contributed by atoms with van der Waals surface area (Å²) < 4.78 is 14.3. The van der Waals surface area contributed by atoms with Crippen LogP contribution in [0.3, 0.4) is 0 Å². The molecule has 2 aromatic rings. The van der Waals surface area contributed by atoms with E-state index in [0.717, 1.165) is 5.56 Å². The summed E-state index contributed by atoms with van der Waals surface area (Å²) >= 11 is 3.21. The van der Waals surface area contributed by atoms with Gasteiger partial charge in [0.15, 0.2) is 0 Å². The molecule has 1 amide bonds. The Morgan fingerprint density at radius 3 is 2.57 bits per heavy atom. The first-order valence-electron chi connectivity index (χ1n) is 6.81. The van der Waals surface area contributed by atoms with Crippen LogP contribution in [-0.2, 0) is 17.8 Å². The molecular formula is C17H17BrFNO. The molecule has 0 aliphatic carbocycles. The third-order valence-corrected chi connectivity index (χ3v) is 3.74. The molecule has 110 valence electrons. The van der Waals surface area contributed by atoms with Crippen LogP contribution in [0, 0.1) is 12.7 Å². The fourth-order valence-electron chi connectivity index (χ4n) is 1.97. The first kappa shape index (κ1) is 15.7. The maximum Gasteiger partial charge on any atom is 0.220 e. The lowest BCUT2D eigenvalue weighted by molar-refractivity contribution is -0.121. The summed E-state index contributed by atoms with van der Waals surface area (Å²) in [6.07, 6.45) is 0.684. The van der Waals surface area contributed by atoms with Crippen molar-refractivity contribution >= 4 is 21.8 Å². The van der Waals surface area contributed by atoms with Crippen LogP contribution in [0.25, 0.3) is 0 Å². The molecule has 0 bridgehead atoms. The number of hydrogen-bond acceptors (Lipinski definition) is 1. The van der Waals surface area contributed by atoms with Crippen LogP contribution in [0.2, 0.25) is 0 Å². The lowest BCUT2D eigenvalue weighted by Gasteiger charge is -2.07. The Morgan fingerprint density at radius 2 is 1.90 bits per heavy atom. The number of nitrogens with one attached hydrogen (secondary N) is 1. The summed E-state index contributed by atoms with van der Waals surface area (Å²) in [4.78, 5) is 11.8. The third-order valence-electron chi connectivity index (χ3n) is 3.25. The lowest BCUT2D eigenvalue weighted by atomic mass is 10.1. The minimum Gasteiger partial charge on any atom is -0.352 e. The largest absolute Gasteiger partial charge is 0.352 e. The van der Waals surface area contributed by atoms with Crippen LogP contribution in [0.1, 0.15) is 23.1 Å². The molecule has 0 spiro atoms. The number of benzene rings is 2. The van der Waals surface area contributed by atoms with Crippen LogP contribution >= 0.6 is 15.9 Å². The second kappa shape index (κ2) is 7.36. The topological polar surface area (TPSA) is 29.1 Å². The van der Waals surface area contributed by atoms with Crippen molar-refractivity contribution in [2.24, 2.45) is 0 Å². The predicted molar refractivity (Wildman–Crippen MR) is 85.4 cm³/mol. The summed E-state index contributed by atoms with van der Waals surface area (Å²) in [6.45, 7) is 2.52. The van der Waals surface area contributed by atoms with Crippen molar-refractivity contribution in [3.05, 3.63) is 69.4 Å². The average Bonchev–Trinajstić information content (AvgIpc) is 2.46. The smallest absolute Gasteiger partial charge is 0.220 e. The lowest BCUT2D eigenvalue weighted by Crippen LogP contribution is -2.23. The molecule has 0 atom stereocenters. The monoisotopic (exact) mass is 349 g/mol. The van der Waals surface area contributed by atoms with Gasteiger partial charge in [-0.3, -0.25) is 4.79 Å². The quantitative estimate of drug-likeness (QED) is 0.863. The first-order chi connectivity index (χ1) is 10.0. The molecule has 0 aromatic heterocycles. The standard InChI is InChI=1S/C17H17BrFNO/c1-12-2-4-13(5-3-12)11-20-17(21)9-7-14-6-8-15(18)10-16(14)19/h2-6,8,10H,7,9,11H2,1H3,(H,20,21). The van der Waals surface area contributed by atoms with Crippen molar-refractivity contribution in [3.63, 3.8) is 0 Å². The second-order valence-corrected chi connectivity index (χ2v) is 5.91. The van der Waals surface area contributed by atoms with E-state index in [4.69, 9.17) is 0 Å². The van der Waals surface area contributed by atoms with Gasteiger partial charge in [0.25, 0.3) is 0 Å². The Bertz CT molecular complexity index is 625. The predicted octanol–water partition coefficient (Wildman–Crippen LogP) is 4.15. The zero-order valence-corrected chi connectivity index (χ0v) is 13.4. The molecule has 21 heavy (non-hydrogen) atoms. The number of amides is 1. The maximum absolute atomic E-state index is 13.6. The van der Waals surface area contributed by atoms with Gasteiger partial charge in [-0.15, -0.1) is 0 Å². The van der Waals surface area contributed by atoms with Gasteiger partial charge in [-0.1, -0.05) is 51.8 Å². The summed E-state index contributed by atoms with van der Waals surface area (Å²) in [5.74, 6) is -0.353. The highest BCUT2D eigenvalue weighted by Crippen LogP contribution is 2.16. The highest BCUT2D eigenvalue weighted by Gasteiger charge is 2.06. The normalized spacial score (nSPS) is 10.4. The Morgan fingerprint density at radius 1 is 1.19 bits per heavy atom. The van der Waals surface area contributed by atoms with E-state index >= 15 is 0 Å². The Kier molecular flexibility index (Phi) is 5.51. The summed E-state index contributed by atoms with van der Waals surface area (Å²) in [7, 11) is 0. The number of carbonyl (C=O) groups excluding carboxylic acids is 1. The molecule has 2 nitrogen and oxygen atoms in total. The summed E-state index contributed by atoms with van der Waals surface area (Å²) in [5.41, 5.74) is 2.81. The maximum atomic E-state index is 13.6. The highest BCUT2D eigenvalue weighted by molar-refractivity contribution is 9.10. The van der Waals surface area contributed by atoms with Gasteiger partial charge >= 0.3 is 0 Å². The Balaban J connectivity index is 1.80. The van der Waals surface area contributed by atoms with Gasteiger partial charge in [-0.05, 0) is 36.6 Å². The van der Waals surface area contributed by atoms with E-state index in [9.17, 15) is 9.18 Å². The minimum atomic E-state index is -0.282. The van der Waals surface area contributed by atoms with Crippen LogP contribution in [-0.4, -0.2) is 5.91 Å². The fraction of sp³-hybridized carbons (Fsp3) is 0.235. The molecule has 0 saturated heterocycles. The van der Waals surface area contributed by atoms with Gasteiger partial charge in [-0.2, -0.15) is 0 Å². The van der Waals surface area contributed by atoms with Crippen molar-refractivity contribution in [1.82, 2.24) is 5.32 Å². The van der Waals surface area contributed by atoms with Gasteiger partial charge in [0.1, 0.15) is 5.82 Å². The third kappa shape index (κ3) is 4.97. The number of halogens is 2. The van der Waals surface area contributed by atoms with Crippen molar-refractivity contribution in [1.29, 1.82) is 0 Å². The Labute approximate surface area is 132 Å². The molecule has 0 saturated carbocycles. The molecule has 0 heterocycles. The number of aryl methyl sites for hydroxylation is 2. The molecule has 0 aliphatic rings. The number of hydrogen-bond donors (Lipinski definition) is 1. The summed E-state index contributed by atoms with van der Waals surface area (Å²) in [5, 5.41) is 2.85. The average molecular weight is 350 g/mol. The van der Waals surface area contributed by atoms with Gasteiger partial charge in [0.2, 0.25) is 5.91 Å². The van der Waals surface area contributed by atoms with E-state index in [2.05, 4.69) is 21.2 Å². The minimum absolute atomic E-state index is 0.0714. The van der Waals surface area contributed by atoms with Crippen LogP contribution in [0.15, 0.2) is 46.9 Å². The highest BCUT2D eigenvalue weighted by atomic mass is 79.9. The van der Waals surface area contributed by atoms with Gasteiger partial charge < -0.3 is 5.32 Å².